The zero-order valence-corrected chi connectivity index (χ0v) is 20.2. The quantitative estimate of drug-likeness (QED) is 0.334. The molecule has 0 atom stereocenters. The van der Waals surface area contributed by atoms with Gasteiger partial charge in [-0.25, -0.2) is 0 Å². The van der Waals surface area contributed by atoms with Gasteiger partial charge in [0, 0.05) is 5.54 Å². The fourth-order valence-corrected chi connectivity index (χ4v) is 3.32. The predicted octanol–water partition coefficient (Wildman–Crippen LogP) is 3.85. The number of aromatic hydroxyl groups is 2. The van der Waals surface area contributed by atoms with Crippen LogP contribution in [0.2, 0.25) is 0 Å². The van der Waals surface area contributed by atoms with Crippen molar-refractivity contribution in [2.24, 2.45) is 11.3 Å². The monoisotopic (exact) mass is 455 g/mol. The summed E-state index contributed by atoms with van der Waals surface area (Å²) in [7, 11) is 0. The van der Waals surface area contributed by atoms with E-state index in [1.807, 2.05) is 0 Å². The second-order valence-corrected chi connectivity index (χ2v) is 9.88. The third kappa shape index (κ3) is 6.47. The Labute approximate surface area is 194 Å². The zero-order chi connectivity index (χ0) is 25.1. The summed E-state index contributed by atoms with van der Waals surface area (Å²) < 4.78 is 0. The van der Waals surface area contributed by atoms with Crippen LogP contribution in [0.25, 0.3) is 0 Å². The van der Waals surface area contributed by atoms with E-state index >= 15 is 0 Å². The summed E-state index contributed by atoms with van der Waals surface area (Å²) in [5.41, 5.74) is -0.223. The Morgan fingerprint density at radius 2 is 1.15 bits per heavy atom. The molecule has 8 heteroatoms. The van der Waals surface area contributed by atoms with E-state index in [1.165, 1.54) is 26.0 Å². The second kappa shape index (κ2) is 9.52. The summed E-state index contributed by atoms with van der Waals surface area (Å²) in [6.07, 6.45) is 0. The van der Waals surface area contributed by atoms with E-state index in [0.717, 1.165) is 11.1 Å². The van der Waals surface area contributed by atoms with Crippen LogP contribution in [0.15, 0.2) is 36.4 Å². The Kier molecular flexibility index (Phi) is 7.42. The van der Waals surface area contributed by atoms with Crippen molar-refractivity contribution >= 4 is 29.1 Å². The molecule has 2 aromatic rings. The van der Waals surface area contributed by atoms with Crippen LogP contribution in [-0.4, -0.2) is 33.5 Å². The van der Waals surface area contributed by atoms with E-state index in [9.17, 15) is 24.6 Å². The predicted molar refractivity (Wildman–Crippen MR) is 128 cm³/mol. The molecule has 0 fully saturated rings. The molecular weight excluding hydrogens is 422 g/mol. The Morgan fingerprint density at radius 3 is 1.52 bits per heavy atom. The lowest BCUT2D eigenvalue weighted by Crippen LogP contribution is -2.54. The van der Waals surface area contributed by atoms with E-state index < -0.39 is 34.6 Å². The van der Waals surface area contributed by atoms with Crippen molar-refractivity contribution in [3.05, 3.63) is 47.5 Å². The lowest BCUT2D eigenvalue weighted by Gasteiger charge is -2.34. The van der Waals surface area contributed by atoms with Gasteiger partial charge in [0.1, 0.15) is 17.4 Å². The van der Waals surface area contributed by atoms with Crippen LogP contribution in [0.1, 0.15) is 45.7 Å². The number of hydrogen-bond donors (Lipinski definition) is 5. The van der Waals surface area contributed by atoms with Crippen LogP contribution < -0.4 is 16.0 Å². The Bertz CT molecular complexity index is 1000. The minimum atomic E-state index is -1.49. The van der Waals surface area contributed by atoms with Gasteiger partial charge in [-0.3, -0.25) is 14.4 Å². The molecule has 2 rings (SSSR count). The molecule has 0 unspecified atom stereocenters. The molecule has 5 N–H and O–H groups in total. The van der Waals surface area contributed by atoms with Crippen LogP contribution in [0.4, 0.5) is 11.4 Å². The van der Waals surface area contributed by atoms with Crippen LogP contribution in [0.3, 0.4) is 0 Å². The molecular formula is C25H33N3O5. The number of anilines is 2. The van der Waals surface area contributed by atoms with Crippen molar-refractivity contribution in [2.45, 2.75) is 54.0 Å². The van der Waals surface area contributed by atoms with Gasteiger partial charge in [-0.05, 0) is 83.9 Å². The highest BCUT2D eigenvalue weighted by Crippen LogP contribution is 2.33. The highest BCUT2D eigenvalue weighted by atomic mass is 16.3. The van der Waals surface area contributed by atoms with Crippen molar-refractivity contribution in [3.63, 3.8) is 0 Å². The number of carbonyl (C=O) groups is 3. The molecule has 3 amide bonds. The average Bonchev–Trinajstić information content (AvgIpc) is 2.66. The molecule has 0 aliphatic carbocycles. The van der Waals surface area contributed by atoms with Gasteiger partial charge in [0.15, 0.2) is 0 Å². The standard InChI is InChI=1S/C25H33N3O5/c1-14-8-10-18(29)16(12-14)26-21(31)20(25(6,7)23(33)28-24(3,4)5)22(32)27-17-13-15(2)9-11-19(17)30/h8-13,20,29-30H,1-7H3,(H,26,31)(H,27,32)(H,28,33). The summed E-state index contributed by atoms with van der Waals surface area (Å²) in [5.74, 6) is -3.85. The number of phenols is 2. The van der Waals surface area contributed by atoms with E-state index in [0.29, 0.717) is 0 Å². The molecule has 0 aliphatic rings. The van der Waals surface area contributed by atoms with E-state index in [4.69, 9.17) is 0 Å². The fraction of sp³-hybridized carbons (Fsp3) is 0.400. The van der Waals surface area contributed by atoms with Gasteiger partial charge >= 0.3 is 0 Å². The smallest absolute Gasteiger partial charge is 0.238 e. The zero-order valence-electron chi connectivity index (χ0n) is 20.2. The summed E-state index contributed by atoms with van der Waals surface area (Å²) in [6.45, 7) is 12.0. The maximum atomic E-state index is 13.4. The van der Waals surface area contributed by atoms with Crippen molar-refractivity contribution in [3.8, 4) is 11.5 Å². The number of amides is 3. The normalized spacial score (nSPS) is 11.8. The number of phenolic OH excluding ortho intramolecular Hbond substituents is 2. The number of nitrogens with one attached hydrogen (secondary N) is 3. The maximum absolute atomic E-state index is 13.4. The minimum absolute atomic E-state index is 0.128. The van der Waals surface area contributed by atoms with Crippen molar-refractivity contribution in [1.82, 2.24) is 5.32 Å². The van der Waals surface area contributed by atoms with E-state index in [1.54, 1.807) is 58.9 Å². The third-order valence-electron chi connectivity index (χ3n) is 5.14. The first kappa shape index (κ1) is 25.7. The fourth-order valence-electron chi connectivity index (χ4n) is 3.32. The van der Waals surface area contributed by atoms with Crippen LogP contribution in [0.5, 0.6) is 11.5 Å². The average molecular weight is 456 g/mol. The third-order valence-corrected chi connectivity index (χ3v) is 5.14. The number of aryl methyl sites for hydroxylation is 2. The van der Waals surface area contributed by atoms with Gasteiger partial charge in [0.2, 0.25) is 17.7 Å². The first-order valence-electron chi connectivity index (χ1n) is 10.7. The van der Waals surface area contributed by atoms with Crippen LogP contribution >= 0.6 is 0 Å². The molecule has 8 nitrogen and oxygen atoms in total. The van der Waals surface area contributed by atoms with Crippen molar-refractivity contribution < 1.29 is 24.6 Å². The number of rotatable bonds is 6. The van der Waals surface area contributed by atoms with Crippen molar-refractivity contribution in [1.29, 1.82) is 0 Å². The molecule has 0 spiro atoms. The van der Waals surface area contributed by atoms with Gasteiger partial charge < -0.3 is 26.2 Å². The maximum Gasteiger partial charge on any atom is 0.238 e. The SMILES string of the molecule is Cc1ccc(O)c(NC(=O)C(C(=O)Nc2cc(C)ccc2O)C(C)(C)C(=O)NC(C)(C)C)c1. The van der Waals surface area contributed by atoms with Gasteiger partial charge in [-0.1, -0.05) is 12.1 Å². The first-order chi connectivity index (χ1) is 15.1. The van der Waals surface area contributed by atoms with Crippen LogP contribution in [-0.2, 0) is 14.4 Å². The van der Waals surface area contributed by atoms with Crippen LogP contribution in [0, 0.1) is 25.2 Å². The molecule has 2 aromatic carbocycles. The molecule has 0 saturated carbocycles. The van der Waals surface area contributed by atoms with Crippen molar-refractivity contribution in [2.75, 3.05) is 10.6 Å². The Hall–Kier alpha value is -3.55. The van der Waals surface area contributed by atoms with Gasteiger partial charge in [-0.2, -0.15) is 0 Å². The molecule has 0 aromatic heterocycles. The number of carbonyl (C=O) groups excluding carboxylic acids is 3. The summed E-state index contributed by atoms with van der Waals surface area (Å²) in [6, 6.07) is 9.35. The Morgan fingerprint density at radius 1 is 0.758 bits per heavy atom. The molecule has 0 aliphatic heterocycles. The van der Waals surface area contributed by atoms with E-state index in [-0.39, 0.29) is 22.9 Å². The topological polar surface area (TPSA) is 128 Å². The highest BCUT2D eigenvalue weighted by Gasteiger charge is 2.47. The second-order valence-electron chi connectivity index (χ2n) is 9.88. The highest BCUT2D eigenvalue weighted by molar-refractivity contribution is 6.14. The molecule has 0 heterocycles. The summed E-state index contributed by atoms with van der Waals surface area (Å²) in [4.78, 5) is 39.8. The molecule has 0 saturated heterocycles. The molecule has 33 heavy (non-hydrogen) atoms. The Balaban J connectivity index is 2.46. The first-order valence-corrected chi connectivity index (χ1v) is 10.7. The summed E-state index contributed by atoms with van der Waals surface area (Å²) >= 11 is 0. The van der Waals surface area contributed by atoms with Gasteiger partial charge in [-0.15, -0.1) is 0 Å². The largest absolute Gasteiger partial charge is 0.506 e. The lowest BCUT2D eigenvalue weighted by atomic mass is 9.76. The summed E-state index contributed by atoms with van der Waals surface area (Å²) in [5, 5.41) is 28.3. The molecule has 0 bridgehead atoms. The van der Waals surface area contributed by atoms with E-state index in [2.05, 4.69) is 16.0 Å². The van der Waals surface area contributed by atoms with Gasteiger partial charge in [0.05, 0.1) is 16.8 Å². The molecule has 0 radical (unpaired) electrons. The molecule has 178 valence electrons. The minimum Gasteiger partial charge on any atom is -0.506 e. The number of benzene rings is 2. The number of hydrogen-bond acceptors (Lipinski definition) is 5. The lowest BCUT2D eigenvalue weighted by molar-refractivity contribution is -0.145. The van der Waals surface area contributed by atoms with Gasteiger partial charge in [0.25, 0.3) is 0 Å².